The smallest absolute Gasteiger partial charge is 0.338 e. The lowest BCUT2D eigenvalue weighted by Crippen LogP contribution is -2.21. The average Bonchev–Trinajstić information content (AvgIpc) is 2.54. The summed E-state index contributed by atoms with van der Waals surface area (Å²) >= 11 is 2.15. The van der Waals surface area contributed by atoms with Crippen LogP contribution in [-0.4, -0.2) is 32.6 Å². The van der Waals surface area contributed by atoms with Gasteiger partial charge in [-0.15, -0.1) is 0 Å². The summed E-state index contributed by atoms with van der Waals surface area (Å²) in [5.41, 5.74) is 2.12. The maximum atomic E-state index is 11.8. The summed E-state index contributed by atoms with van der Waals surface area (Å²) in [5.74, 6) is -0.888. The van der Waals surface area contributed by atoms with Crippen molar-refractivity contribution >= 4 is 45.8 Å². The first-order chi connectivity index (χ1) is 11.0. The second-order valence-electron chi connectivity index (χ2n) is 5.07. The Bertz CT molecular complexity index is 682. The highest BCUT2D eigenvalue weighted by Gasteiger charge is 2.10. The van der Waals surface area contributed by atoms with Crippen LogP contribution in [0.5, 0.6) is 0 Å². The fourth-order valence-corrected chi connectivity index (χ4v) is 2.20. The number of anilines is 2. The van der Waals surface area contributed by atoms with Crippen molar-refractivity contribution in [3.05, 3.63) is 57.7 Å². The summed E-state index contributed by atoms with van der Waals surface area (Å²) < 4.78 is 6.03. The molecule has 0 heterocycles. The van der Waals surface area contributed by atoms with Gasteiger partial charge >= 0.3 is 5.97 Å². The van der Waals surface area contributed by atoms with E-state index in [0.717, 1.165) is 9.26 Å². The normalized spacial score (nSPS) is 10.0. The number of halogens is 1. The molecule has 23 heavy (non-hydrogen) atoms. The van der Waals surface area contributed by atoms with Gasteiger partial charge in [0, 0.05) is 29.0 Å². The van der Waals surface area contributed by atoms with Gasteiger partial charge in [-0.2, -0.15) is 0 Å². The molecule has 0 aliphatic rings. The lowest BCUT2D eigenvalue weighted by Gasteiger charge is -2.13. The standard InChI is InChI=1S/C17H17IN2O3/c1-20(2)15-9-7-14(8-10-15)19-16(21)11-23-17(22)12-3-5-13(18)6-4-12/h3-10H,11H2,1-2H3,(H,19,21). The molecule has 0 aromatic heterocycles. The third-order valence-corrected chi connectivity index (χ3v) is 3.80. The van der Waals surface area contributed by atoms with Crippen LogP contribution in [0, 0.1) is 3.57 Å². The summed E-state index contributed by atoms with van der Waals surface area (Å²) in [4.78, 5) is 25.6. The van der Waals surface area contributed by atoms with E-state index in [0.29, 0.717) is 11.3 Å². The zero-order valence-corrected chi connectivity index (χ0v) is 15.0. The predicted octanol–water partition coefficient (Wildman–Crippen LogP) is 3.15. The molecule has 0 spiro atoms. The van der Waals surface area contributed by atoms with E-state index in [4.69, 9.17) is 4.74 Å². The Hall–Kier alpha value is -2.09. The molecule has 0 fully saturated rings. The maximum absolute atomic E-state index is 11.8. The molecule has 2 rings (SSSR count). The minimum atomic E-state index is -0.514. The number of amides is 1. The number of carbonyl (C=O) groups is 2. The van der Waals surface area contributed by atoms with Crippen molar-refractivity contribution in [2.24, 2.45) is 0 Å². The van der Waals surface area contributed by atoms with Crippen LogP contribution in [0.4, 0.5) is 11.4 Å². The molecule has 5 nitrogen and oxygen atoms in total. The van der Waals surface area contributed by atoms with Crippen LogP contribution in [-0.2, 0) is 9.53 Å². The molecule has 2 aromatic rings. The zero-order chi connectivity index (χ0) is 16.8. The largest absolute Gasteiger partial charge is 0.452 e. The van der Waals surface area contributed by atoms with Gasteiger partial charge in [-0.25, -0.2) is 4.79 Å². The van der Waals surface area contributed by atoms with Gasteiger partial charge in [0.2, 0.25) is 0 Å². The van der Waals surface area contributed by atoms with Crippen LogP contribution in [0.25, 0.3) is 0 Å². The first-order valence-electron chi connectivity index (χ1n) is 6.95. The van der Waals surface area contributed by atoms with E-state index in [2.05, 4.69) is 27.9 Å². The second kappa shape index (κ2) is 7.96. The molecular formula is C17H17IN2O3. The minimum Gasteiger partial charge on any atom is -0.452 e. The van der Waals surface area contributed by atoms with Crippen LogP contribution < -0.4 is 10.2 Å². The molecule has 0 saturated heterocycles. The summed E-state index contributed by atoms with van der Waals surface area (Å²) in [6, 6.07) is 14.3. The van der Waals surface area contributed by atoms with Gasteiger partial charge in [0.25, 0.3) is 5.91 Å². The molecule has 0 saturated carbocycles. The predicted molar refractivity (Wildman–Crippen MR) is 98.8 cm³/mol. The van der Waals surface area contributed by atoms with E-state index in [1.165, 1.54) is 0 Å². The molecule has 1 N–H and O–H groups in total. The van der Waals surface area contributed by atoms with Crippen molar-refractivity contribution in [3.8, 4) is 0 Å². The highest BCUT2D eigenvalue weighted by Crippen LogP contribution is 2.15. The Morgan fingerprint density at radius 2 is 1.65 bits per heavy atom. The van der Waals surface area contributed by atoms with Gasteiger partial charge in [0.1, 0.15) is 0 Å². The van der Waals surface area contributed by atoms with Crippen molar-refractivity contribution in [2.45, 2.75) is 0 Å². The summed E-state index contributed by atoms with van der Waals surface area (Å²) in [7, 11) is 3.88. The topological polar surface area (TPSA) is 58.6 Å². The van der Waals surface area contributed by atoms with Crippen molar-refractivity contribution in [1.82, 2.24) is 0 Å². The molecule has 0 aliphatic carbocycles. The summed E-state index contributed by atoms with van der Waals surface area (Å²) in [5, 5.41) is 2.69. The van der Waals surface area contributed by atoms with E-state index in [9.17, 15) is 9.59 Å². The van der Waals surface area contributed by atoms with Crippen molar-refractivity contribution < 1.29 is 14.3 Å². The van der Waals surface area contributed by atoms with Crippen LogP contribution in [0.3, 0.4) is 0 Å². The first kappa shape index (κ1) is 17.3. The van der Waals surface area contributed by atoms with Crippen molar-refractivity contribution in [1.29, 1.82) is 0 Å². The highest BCUT2D eigenvalue weighted by molar-refractivity contribution is 14.1. The second-order valence-corrected chi connectivity index (χ2v) is 6.32. The third-order valence-electron chi connectivity index (χ3n) is 3.08. The van der Waals surface area contributed by atoms with E-state index in [1.807, 2.05) is 43.3 Å². The average molecular weight is 424 g/mol. The number of rotatable bonds is 5. The van der Waals surface area contributed by atoms with E-state index in [-0.39, 0.29) is 12.5 Å². The summed E-state index contributed by atoms with van der Waals surface area (Å²) in [6.45, 7) is -0.319. The third kappa shape index (κ3) is 5.24. The van der Waals surface area contributed by atoms with Gasteiger partial charge in [-0.05, 0) is 71.1 Å². The Kier molecular flexibility index (Phi) is 5.97. The molecule has 0 unspecified atom stereocenters. The zero-order valence-electron chi connectivity index (χ0n) is 12.9. The van der Waals surface area contributed by atoms with Gasteiger partial charge < -0.3 is 15.0 Å². The fourth-order valence-electron chi connectivity index (χ4n) is 1.84. The van der Waals surface area contributed by atoms with Crippen molar-refractivity contribution in [2.75, 3.05) is 30.9 Å². The van der Waals surface area contributed by atoms with Gasteiger partial charge in [-0.1, -0.05) is 0 Å². The number of ether oxygens (including phenoxy) is 1. The van der Waals surface area contributed by atoms with E-state index >= 15 is 0 Å². The highest BCUT2D eigenvalue weighted by atomic mass is 127. The number of esters is 1. The molecule has 2 aromatic carbocycles. The lowest BCUT2D eigenvalue weighted by atomic mass is 10.2. The van der Waals surface area contributed by atoms with Gasteiger partial charge in [0.15, 0.2) is 6.61 Å². The minimum absolute atomic E-state index is 0.319. The molecule has 0 atom stereocenters. The molecular weight excluding hydrogens is 407 g/mol. The number of nitrogens with zero attached hydrogens (tertiary/aromatic N) is 1. The first-order valence-corrected chi connectivity index (χ1v) is 8.03. The van der Waals surface area contributed by atoms with Gasteiger partial charge in [-0.3, -0.25) is 4.79 Å². The number of hydrogen-bond donors (Lipinski definition) is 1. The Labute approximate surface area is 148 Å². The number of benzene rings is 2. The van der Waals surface area contributed by atoms with Crippen molar-refractivity contribution in [3.63, 3.8) is 0 Å². The fraction of sp³-hybridized carbons (Fsp3) is 0.176. The Balaban J connectivity index is 1.85. The summed E-state index contributed by atoms with van der Waals surface area (Å²) in [6.07, 6.45) is 0. The maximum Gasteiger partial charge on any atom is 0.338 e. The monoisotopic (exact) mass is 424 g/mol. The van der Waals surface area contributed by atoms with Crippen LogP contribution in [0.2, 0.25) is 0 Å². The molecule has 1 amide bonds. The Morgan fingerprint density at radius 3 is 2.22 bits per heavy atom. The molecule has 0 bridgehead atoms. The molecule has 0 aliphatic heterocycles. The van der Waals surface area contributed by atoms with Crippen LogP contribution >= 0.6 is 22.6 Å². The lowest BCUT2D eigenvalue weighted by molar-refractivity contribution is -0.119. The van der Waals surface area contributed by atoms with Crippen LogP contribution in [0.1, 0.15) is 10.4 Å². The number of hydrogen-bond acceptors (Lipinski definition) is 4. The quantitative estimate of drug-likeness (QED) is 0.592. The van der Waals surface area contributed by atoms with E-state index < -0.39 is 5.97 Å². The Morgan fingerprint density at radius 1 is 1.04 bits per heavy atom. The molecule has 6 heteroatoms. The molecule has 120 valence electrons. The van der Waals surface area contributed by atoms with Crippen LogP contribution in [0.15, 0.2) is 48.5 Å². The SMILES string of the molecule is CN(C)c1ccc(NC(=O)COC(=O)c2ccc(I)cc2)cc1. The number of carbonyl (C=O) groups excluding carboxylic acids is 2. The molecule has 0 radical (unpaired) electrons. The number of nitrogens with one attached hydrogen (secondary N) is 1. The van der Waals surface area contributed by atoms with E-state index in [1.54, 1.807) is 24.3 Å². The van der Waals surface area contributed by atoms with Gasteiger partial charge in [0.05, 0.1) is 5.56 Å².